The number of hydrogen-bond acceptors (Lipinski definition) is 2. The molecule has 2 unspecified atom stereocenters. The average molecular weight is 280 g/mol. The molecule has 0 fully saturated rings. The fourth-order valence-electron chi connectivity index (χ4n) is 2.42. The first-order chi connectivity index (χ1) is 9.20. The van der Waals surface area contributed by atoms with Crippen LogP contribution < -0.4 is 10.1 Å². The van der Waals surface area contributed by atoms with Crippen molar-refractivity contribution in [3.8, 4) is 5.75 Å². The molecule has 0 bridgehead atoms. The summed E-state index contributed by atoms with van der Waals surface area (Å²) in [5.41, 5.74) is 1.13. The predicted octanol–water partition coefficient (Wildman–Crippen LogP) is 4.50. The Morgan fingerprint density at radius 1 is 1.47 bits per heavy atom. The van der Waals surface area contributed by atoms with Gasteiger partial charge in [0, 0.05) is 16.6 Å². The van der Waals surface area contributed by atoms with Crippen LogP contribution in [0.2, 0.25) is 5.02 Å². The van der Waals surface area contributed by atoms with Crippen molar-refractivity contribution in [3.63, 3.8) is 0 Å². The van der Waals surface area contributed by atoms with Crippen LogP contribution in [0.25, 0.3) is 0 Å². The molecule has 1 aliphatic rings. The van der Waals surface area contributed by atoms with Gasteiger partial charge in [-0.2, -0.15) is 0 Å². The van der Waals surface area contributed by atoms with E-state index in [0.717, 1.165) is 29.3 Å². The first-order valence-corrected chi connectivity index (χ1v) is 7.44. The summed E-state index contributed by atoms with van der Waals surface area (Å²) in [6, 6.07) is 6.11. The van der Waals surface area contributed by atoms with E-state index in [-0.39, 0.29) is 12.1 Å². The molecule has 0 heterocycles. The molecular formula is C16H22ClNO. The van der Waals surface area contributed by atoms with Crippen molar-refractivity contribution in [2.24, 2.45) is 0 Å². The van der Waals surface area contributed by atoms with Crippen molar-refractivity contribution in [2.45, 2.75) is 45.3 Å². The lowest BCUT2D eigenvalue weighted by Crippen LogP contribution is -2.21. The molecule has 0 amide bonds. The van der Waals surface area contributed by atoms with Crippen LogP contribution in [0.1, 0.15) is 44.7 Å². The number of rotatable bonds is 5. The highest BCUT2D eigenvalue weighted by Crippen LogP contribution is 2.30. The summed E-state index contributed by atoms with van der Waals surface area (Å²) in [5.74, 6) is 0.939. The molecule has 0 spiro atoms. The van der Waals surface area contributed by atoms with Crippen LogP contribution in [0.3, 0.4) is 0 Å². The van der Waals surface area contributed by atoms with E-state index < -0.39 is 0 Å². The van der Waals surface area contributed by atoms with E-state index in [9.17, 15) is 0 Å². The molecule has 1 aliphatic carbocycles. The van der Waals surface area contributed by atoms with Gasteiger partial charge in [0.25, 0.3) is 0 Å². The quantitative estimate of drug-likeness (QED) is 0.802. The van der Waals surface area contributed by atoms with Gasteiger partial charge in [-0.1, -0.05) is 24.6 Å². The summed E-state index contributed by atoms with van der Waals surface area (Å²) in [5, 5.41) is 4.17. The zero-order valence-electron chi connectivity index (χ0n) is 11.7. The molecule has 0 aliphatic heterocycles. The highest BCUT2D eigenvalue weighted by molar-refractivity contribution is 6.30. The third-order valence-corrected chi connectivity index (χ3v) is 3.67. The number of nitrogens with one attached hydrogen (secondary N) is 1. The standard InChI is InChI=1S/C16H22ClNO/c1-3-18-12(2)15-11-13(17)9-10-16(15)19-14-7-5-4-6-8-14/h5,7,9-12,14,18H,3-4,6,8H2,1-2H3. The monoisotopic (exact) mass is 279 g/mol. The van der Waals surface area contributed by atoms with Gasteiger partial charge in [-0.25, -0.2) is 0 Å². The molecule has 2 nitrogen and oxygen atoms in total. The Hall–Kier alpha value is -0.990. The zero-order chi connectivity index (χ0) is 13.7. The molecule has 0 saturated carbocycles. The van der Waals surface area contributed by atoms with Gasteiger partial charge in [-0.05, 0) is 57.0 Å². The van der Waals surface area contributed by atoms with Gasteiger partial charge in [0.1, 0.15) is 11.9 Å². The van der Waals surface area contributed by atoms with Gasteiger partial charge < -0.3 is 10.1 Å². The van der Waals surface area contributed by atoms with Gasteiger partial charge in [-0.3, -0.25) is 0 Å². The van der Waals surface area contributed by atoms with Crippen molar-refractivity contribution in [1.82, 2.24) is 5.32 Å². The third-order valence-electron chi connectivity index (χ3n) is 3.44. The van der Waals surface area contributed by atoms with Crippen LogP contribution in [0, 0.1) is 0 Å². The van der Waals surface area contributed by atoms with Crippen LogP contribution in [-0.2, 0) is 0 Å². The van der Waals surface area contributed by atoms with Gasteiger partial charge in [0.15, 0.2) is 0 Å². The lowest BCUT2D eigenvalue weighted by molar-refractivity contribution is 0.226. The fourth-order valence-corrected chi connectivity index (χ4v) is 2.60. The SMILES string of the molecule is CCNC(C)c1cc(Cl)ccc1OC1C=CCCC1. The van der Waals surface area contributed by atoms with Crippen LogP contribution in [0.15, 0.2) is 30.4 Å². The van der Waals surface area contributed by atoms with E-state index in [0.29, 0.717) is 0 Å². The maximum Gasteiger partial charge on any atom is 0.125 e. The van der Waals surface area contributed by atoms with E-state index in [4.69, 9.17) is 16.3 Å². The Morgan fingerprint density at radius 3 is 3.00 bits per heavy atom. The molecule has 1 aromatic carbocycles. The molecule has 0 radical (unpaired) electrons. The topological polar surface area (TPSA) is 21.3 Å². The Kier molecular flexibility index (Phi) is 5.29. The minimum Gasteiger partial charge on any atom is -0.486 e. The summed E-state index contributed by atoms with van der Waals surface area (Å²) < 4.78 is 6.12. The van der Waals surface area contributed by atoms with Crippen molar-refractivity contribution >= 4 is 11.6 Å². The maximum atomic E-state index is 6.12. The third kappa shape index (κ3) is 3.99. The Morgan fingerprint density at radius 2 is 2.32 bits per heavy atom. The first-order valence-electron chi connectivity index (χ1n) is 7.07. The normalized spacial score (nSPS) is 20.3. The highest BCUT2D eigenvalue weighted by Gasteiger charge is 2.16. The molecule has 0 saturated heterocycles. The van der Waals surface area contributed by atoms with Crippen LogP contribution in [0.4, 0.5) is 0 Å². The predicted molar refractivity (Wildman–Crippen MR) is 81.0 cm³/mol. The molecule has 2 atom stereocenters. The van der Waals surface area contributed by atoms with Gasteiger partial charge in [0.05, 0.1) is 0 Å². The molecule has 104 valence electrons. The summed E-state index contributed by atoms with van der Waals surface area (Å²) in [4.78, 5) is 0. The Labute approximate surface area is 120 Å². The molecule has 1 N–H and O–H groups in total. The van der Waals surface area contributed by atoms with E-state index in [2.05, 4.69) is 31.3 Å². The van der Waals surface area contributed by atoms with Gasteiger partial charge >= 0.3 is 0 Å². The van der Waals surface area contributed by atoms with Crippen LogP contribution in [-0.4, -0.2) is 12.6 Å². The van der Waals surface area contributed by atoms with Crippen molar-refractivity contribution in [1.29, 1.82) is 0 Å². The minimum atomic E-state index is 0.197. The minimum absolute atomic E-state index is 0.197. The van der Waals surface area contributed by atoms with Crippen LogP contribution in [0.5, 0.6) is 5.75 Å². The van der Waals surface area contributed by atoms with E-state index in [1.54, 1.807) is 0 Å². The largest absolute Gasteiger partial charge is 0.486 e. The Bertz CT molecular complexity index is 444. The summed E-state index contributed by atoms with van der Waals surface area (Å²) in [6.45, 7) is 5.17. The first kappa shape index (κ1) is 14.4. The van der Waals surface area contributed by atoms with Gasteiger partial charge in [0.2, 0.25) is 0 Å². The number of allylic oxidation sites excluding steroid dienone is 1. The van der Waals surface area contributed by atoms with Crippen molar-refractivity contribution < 1.29 is 4.74 Å². The number of hydrogen-bond donors (Lipinski definition) is 1. The zero-order valence-corrected chi connectivity index (χ0v) is 12.4. The maximum absolute atomic E-state index is 6.12. The Balaban J connectivity index is 2.18. The second kappa shape index (κ2) is 6.97. The number of benzene rings is 1. The summed E-state index contributed by atoms with van der Waals surface area (Å²) in [7, 11) is 0. The van der Waals surface area contributed by atoms with E-state index in [1.165, 1.54) is 12.8 Å². The number of ether oxygens (including phenoxy) is 1. The van der Waals surface area contributed by atoms with Crippen molar-refractivity contribution in [2.75, 3.05) is 6.54 Å². The number of halogens is 1. The van der Waals surface area contributed by atoms with E-state index >= 15 is 0 Å². The fraction of sp³-hybridized carbons (Fsp3) is 0.500. The van der Waals surface area contributed by atoms with E-state index in [1.807, 2.05) is 18.2 Å². The highest BCUT2D eigenvalue weighted by atomic mass is 35.5. The molecule has 3 heteroatoms. The van der Waals surface area contributed by atoms with Crippen molar-refractivity contribution in [3.05, 3.63) is 40.9 Å². The lowest BCUT2D eigenvalue weighted by atomic mass is 10.0. The lowest BCUT2D eigenvalue weighted by Gasteiger charge is -2.23. The molecule has 1 aromatic rings. The van der Waals surface area contributed by atoms with Gasteiger partial charge in [-0.15, -0.1) is 0 Å². The molecule has 0 aromatic heterocycles. The average Bonchev–Trinajstić information content (AvgIpc) is 2.42. The molecule has 2 rings (SSSR count). The molecule has 19 heavy (non-hydrogen) atoms. The smallest absolute Gasteiger partial charge is 0.125 e. The van der Waals surface area contributed by atoms with Crippen LogP contribution >= 0.6 is 11.6 Å². The second-order valence-electron chi connectivity index (χ2n) is 4.98. The summed E-state index contributed by atoms with van der Waals surface area (Å²) in [6.07, 6.45) is 8.03. The summed E-state index contributed by atoms with van der Waals surface area (Å²) >= 11 is 6.11. The second-order valence-corrected chi connectivity index (χ2v) is 5.41. The molecular weight excluding hydrogens is 258 g/mol.